The van der Waals surface area contributed by atoms with E-state index in [9.17, 15) is 4.79 Å². The van der Waals surface area contributed by atoms with E-state index in [1.54, 1.807) is 0 Å². The summed E-state index contributed by atoms with van der Waals surface area (Å²) in [7, 11) is 0. The van der Waals surface area contributed by atoms with Crippen LogP contribution in [0, 0.1) is 0 Å². The topological polar surface area (TPSA) is 58.4 Å². The third kappa shape index (κ3) is 1.60. The molecular formula is C12H17N3O. The summed E-state index contributed by atoms with van der Waals surface area (Å²) in [6.07, 6.45) is 0. The molecule has 1 fully saturated rings. The molecule has 0 aliphatic carbocycles. The molecule has 0 spiro atoms. The molecule has 1 aromatic rings. The minimum absolute atomic E-state index is 0.0435. The average molecular weight is 219 g/mol. The van der Waals surface area contributed by atoms with Gasteiger partial charge in [-0.2, -0.15) is 0 Å². The summed E-state index contributed by atoms with van der Waals surface area (Å²) >= 11 is 0. The first-order chi connectivity index (χ1) is 7.53. The van der Waals surface area contributed by atoms with Gasteiger partial charge in [0.2, 0.25) is 5.91 Å². The van der Waals surface area contributed by atoms with Crippen LogP contribution < -0.4 is 16.0 Å². The van der Waals surface area contributed by atoms with Crippen LogP contribution in [0.15, 0.2) is 24.3 Å². The van der Waals surface area contributed by atoms with Gasteiger partial charge in [0.25, 0.3) is 0 Å². The highest BCUT2D eigenvalue weighted by Gasteiger charge is 2.38. The highest BCUT2D eigenvalue weighted by atomic mass is 16.2. The van der Waals surface area contributed by atoms with Gasteiger partial charge in [-0.15, -0.1) is 0 Å². The van der Waals surface area contributed by atoms with E-state index in [2.05, 4.69) is 10.2 Å². The number of amides is 1. The van der Waals surface area contributed by atoms with Crippen LogP contribution in [0.25, 0.3) is 0 Å². The predicted molar refractivity (Wildman–Crippen MR) is 65.3 cm³/mol. The molecule has 0 saturated carbocycles. The summed E-state index contributed by atoms with van der Waals surface area (Å²) in [5.74, 6) is 0.0435. The Labute approximate surface area is 95.4 Å². The molecule has 1 aromatic carbocycles. The number of hydrogen-bond donors (Lipinski definition) is 2. The number of nitrogens with one attached hydrogen (secondary N) is 1. The SMILES string of the molecule is CC1(C)C(=O)NCCN1c1ccccc1N. The van der Waals surface area contributed by atoms with Gasteiger partial charge in [0.15, 0.2) is 0 Å². The number of nitrogens with two attached hydrogens (primary N) is 1. The number of carbonyl (C=O) groups excluding carboxylic acids is 1. The summed E-state index contributed by atoms with van der Waals surface area (Å²) in [5.41, 5.74) is 7.04. The molecule has 1 amide bonds. The van der Waals surface area contributed by atoms with Crippen molar-refractivity contribution in [3.63, 3.8) is 0 Å². The monoisotopic (exact) mass is 219 g/mol. The van der Waals surface area contributed by atoms with Crippen LogP contribution >= 0.6 is 0 Å². The zero-order valence-electron chi connectivity index (χ0n) is 9.66. The molecule has 3 N–H and O–H groups in total. The van der Waals surface area contributed by atoms with Crippen molar-refractivity contribution >= 4 is 17.3 Å². The lowest BCUT2D eigenvalue weighted by molar-refractivity contribution is -0.126. The van der Waals surface area contributed by atoms with E-state index in [-0.39, 0.29) is 5.91 Å². The summed E-state index contributed by atoms with van der Waals surface area (Å²) < 4.78 is 0. The maximum absolute atomic E-state index is 11.8. The van der Waals surface area contributed by atoms with Crippen molar-refractivity contribution in [1.29, 1.82) is 0 Å². The summed E-state index contributed by atoms with van der Waals surface area (Å²) in [5, 5.41) is 2.87. The van der Waals surface area contributed by atoms with Gasteiger partial charge < -0.3 is 16.0 Å². The van der Waals surface area contributed by atoms with E-state index in [4.69, 9.17) is 5.73 Å². The van der Waals surface area contributed by atoms with Crippen LogP contribution in [-0.2, 0) is 4.79 Å². The van der Waals surface area contributed by atoms with E-state index >= 15 is 0 Å². The quantitative estimate of drug-likeness (QED) is 0.692. The van der Waals surface area contributed by atoms with Crippen molar-refractivity contribution in [2.45, 2.75) is 19.4 Å². The molecule has 16 heavy (non-hydrogen) atoms. The Kier molecular flexibility index (Phi) is 2.50. The third-order valence-corrected chi connectivity index (χ3v) is 3.08. The Bertz CT molecular complexity index is 414. The van der Waals surface area contributed by atoms with E-state index in [1.807, 2.05) is 38.1 Å². The van der Waals surface area contributed by atoms with Crippen LogP contribution in [0.4, 0.5) is 11.4 Å². The molecule has 1 aliphatic rings. The number of hydrogen-bond acceptors (Lipinski definition) is 3. The smallest absolute Gasteiger partial charge is 0.245 e. The average Bonchev–Trinajstić information content (AvgIpc) is 2.24. The molecular weight excluding hydrogens is 202 g/mol. The lowest BCUT2D eigenvalue weighted by Gasteiger charge is -2.43. The van der Waals surface area contributed by atoms with E-state index in [0.29, 0.717) is 12.2 Å². The maximum atomic E-state index is 11.8. The Balaban J connectivity index is 2.40. The molecule has 1 aliphatic heterocycles. The van der Waals surface area contributed by atoms with E-state index < -0.39 is 5.54 Å². The first-order valence-electron chi connectivity index (χ1n) is 5.44. The second-order valence-corrected chi connectivity index (χ2v) is 4.53. The summed E-state index contributed by atoms with van der Waals surface area (Å²) in [4.78, 5) is 13.9. The maximum Gasteiger partial charge on any atom is 0.245 e. The first kappa shape index (κ1) is 10.8. The number of para-hydroxylation sites is 2. The van der Waals surface area contributed by atoms with Crippen molar-refractivity contribution < 1.29 is 4.79 Å². The zero-order valence-corrected chi connectivity index (χ0v) is 9.66. The first-order valence-corrected chi connectivity index (χ1v) is 5.44. The van der Waals surface area contributed by atoms with Crippen LogP contribution in [-0.4, -0.2) is 24.5 Å². The molecule has 4 nitrogen and oxygen atoms in total. The highest BCUT2D eigenvalue weighted by Crippen LogP contribution is 2.30. The molecule has 2 rings (SSSR count). The van der Waals surface area contributed by atoms with Gasteiger partial charge in [0.05, 0.1) is 11.4 Å². The second kappa shape index (κ2) is 3.70. The fourth-order valence-corrected chi connectivity index (χ4v) is 2.05. The van der Waals surface area contributed by atoms with Crippen LogP contribution in [0.2, 0.25) is 0 Å². The molecule has 0 bridgehead atoms. The molecule has 4 heteroatoms. The van der Waals surface area contributed by atoms with Gasteiger partial charge >= 0.3 is 0 Å². The number of carbonyl (C=O) groups is 1. The van der Waals surface area contributed by atoms with Gasteiger partial charge in [-0.3, -0.25) is 4.79 Å². The molecule has 0 radical (unpaired) electrons. The lowest BCUT2D eigenvalue weighted by Crippen LogP contribution is -2.62. The Hall–Kier alpha value is -1.71. The van der Waals surface area contributed by atoms with Gasteiger partial charge in [0, 0.05) is 13.1 Å². The number of rotatable bonds is 1. The highest BCUT2D eigenvalue weighted by molar-refractivity contribution is 5.91. The Morgan fingerprint density at radius 3 is 2.75 bits per heavy atom. The fourth-order valence-electron chi connectivity index (χ4n) is 2.05. The largest absolute Gasteiger partial charge is 0.397 e. The van der Waals surface area contributed by atoms with Crippen LogP contribution in [0.3, 0.4) is 0 Å². The van der Waals surface area contributed by atoms with Crippen molar-refractivity contribution in [3.05, 3.63) is 24.3 Å². The van der Waals surface area contributed by atoms with Gasteiger partial charge in [-0.05, 0) is 26.0 Å². The zero-order chi connectivity index (χ0) is 11.8. The van der Waals surface area contributed by atoms with Crippen molar-refractivity contribution in [3.8, 4) is 0 Å². The summed E-state index contributed by atoms with van der Waals surface area (Å²) in [6.45, 7) is 5.27. The molecule has 86 valence electrons. The standard InChI is InChI=1S/C12H17N3O/c1-12(2)11(16)14-7-8-15(12)10-6-4-3-5-9(10)13/h3-6H,7-8,13H2,1-2H3,(H,14,16). The lowest BCUT2D eigenvalue weighted by atomic mass is 9.97. The molecule has 0 unspecified atom stereocenters. The fraction of sp³-hybridized carbons (Fsp3) is 0.417. The summed E-state index contributed by atoms with van der Waals surface area (Å²) in [6, 6.07) is 7.65. The van der Waals surface area contributed by atoms with Gasteiger partial charge in [-0.1, -0.05) is 12.1 Å². The normalized spacial score (nSPS) is 19.4. The number of nitrogens with zero attached hydrogens (tertiary/aromatic N) is 1. The third-order valence-electron chi connectivity index (χ3n) is 3.08. The van der Waals surface area contributed by atoms with Crippen molar-refractivity contribution in [2.24, 2.45) is 0 Å². The van der Waals surface area contributed by atoms with Crippen molar-refractivity contribution in [2.75, 3.05) is 23.7 Å². The molecule has 1 heterocycles. The van der Waals surface area contributed by atoms with Gasteiger partial charge in [0.1, 0.15) is 5.54 Å². The Morgan fingerprint density at radius 1 is 1.38 bits per heavy atom. The molecule has 0 aromatic heterocycles. The minimum Gasteiger partial charge on any atom is -0.397 e. The number of benzene rings is 1. The van der Waals surface area contributed by atoms with Crippen LogP contribution in [0.5, 0.6) is 0 Å². The Morgan fingerprint density at radius 2 is 2.06 bits per heavy atom. The number of nitrogen functional groups attached to an aromatic ring is 1. The van der Waals surface area contributed by atoms with Crippen LogP contribution in [0.1, 0.15) is 13.8 Å². The molecule has 1 saturated heterocycles. The second-order valence-electron chi connectivity index (χ2n) is 4.53. The van der Waals surface area contributed by atoms with E-state index in [0.717, 1.165) is 12.2 Å². The molecule has 0 atom stereocenters. The van der Waals surface area contributed by atoms with Crippen molar-refractivity contribution in [1.82, 2.24) is 5.32 Å². The number of piperazine rings is 1. The number of anilines is 2. The minimum atomic E-state index is -0.548. The predicted octanol–water partition coefficient (Wildman–Crippen LogP) is 0.984. The van der Waals surface area contributed by atoms with Gasteiger partial charge in [-0.25, -0.2) is 0 Å². The van der Waals surface area contributed by atoms with E-state index in [1.165, 1.54) is 0 Å².